The summed E-state index contributed by atoms with van der Waals surface area (Å²) in [5.74, 6) is 0.0167. The number of carbonyl (C=O) groups is 1. The minimum Gasteiger partial charge on any atom is -0.478 e. The number of aliphatic hydroxyl groups excluding tert-OH is 1. The Hall–Kier alpha value is -1.00. The fraction of sp³-hybridized carbons (Fsp3) is 0.417. The molecule has 0 heterocycles. The van der Waals surface area contributed by atoms with E-state index in [1.165, 1.54) is 0 Å². The van der Waals surface area contributed by atoms with E-state index in [1.807, 2.05) is 12.1 Å². The molecule has 0 saturated carbocycles. The van der Waals surface area contributed by atoms with Crippen LogP contribution in [0.25, 0.3) is 0 Å². The zero-order valence-electron chi connectivity index (χ0n) is 9.06. The van der Waals surface area contributed by atoms with Crippen molar-refractivity contribution in [2.24, 2.45) is 0 Å². The first-order chi connectivity index (χ1) is 7.75. The second kappa shape index (κ2) is 7.30. The van der Waals surface area contributed by atoms with Gasteiger partial charge in [-0.25, -0.2) is 4.79 Å². The average molecular weight is 240 g/mol. The van der Waals surface area contributed by atoms with Gasteiger partial charge in [-0.1, -0.05) is 18.6 Å². The summed E-state index contributed by atoms with van der Waals surface area (Å²) in [6, 6.07) is 7.04. The van der Waals surface area contributed by atoms with Crippen LogP contribution in [0.15, 0.2) is 29.2 Å². The van der Waals surface area contributed by atoms with Crippen LogP contribution in [-0.2, 0) is 0 Å². The predicted octanol–water partition coefficient (Wildman–Crippen LogP) is 2.64. The Morgan fingerprint density at radius 1 is 1.19 bits per heavy atom. The average Bonchev–Trinajstić information content (AvgIpc) is 2.29. The van der Waals surface area contributed by atoms with Crippen molar-refractivity contribution in [3.63, 3.8) is 0 Å². The lowest BCUT2D eigenvalue weighted by molar-refractivity contribution is 0.0693. The van der Waals surface area contributed by atoms with Crippen molar-refractivity contribution in [2.75, 3.05) is 12.4 Å². The molecule has 1 aromatic carbocycles. The van der Waals surface area contributed by atoms with Crippen molar-refractivity contribution in [1.82, 2.24) is 0 Å². The summed E-state index contributed by atoms with van der Waals surface area (Å²) in [5, 5.41) is 17.6. The molecule has 0 amide bonds. The van der Waals surface area contributed by atoms with Crippen LogP contribution in [0.3, 0.4) is 0 Å². The van der Waals surface area contributed by atoms with Crippen molar-refractivity contribution in [3.05, 3.63) is 29.8 Å². The predicted molar refractivity (Wildman–Crippen MR) is 65.1 cm³/mol. The second-order valence-corrected chi connectivity index (χ2v) is 4.57. The van der Waals surface area contributed by atoms with Gasteiger partial charge in [0.15, 0.2) is 0 Å². The van der Waals surface area contributed by atoms with Gasteiger partial charge in [0.05, 0.1) is 5.56 Å². The van der Waals surface area contributed by atoms with E-state index in [0.717, 1.165) is 29.9 Å². The molecule has 1 rings (SSSR count). The molecule has 0 radical (unpaired) electrons. The highest BCUT2D eigenvalue weighted by molar-refractivity contribution is 7.99. The van der Waals surface area contributed by atoms with Crippen LogP contribution in [0.4, 0.5) is 0 Å². The number of unbranched alkanes of at least 4 members (excludes halogenated alkanes) is 2. The fourth-order valence-corrected chi connectivity index (χ4v) is 2.40. The highest BCUT2D eigenvalue weighted by atomic mass is 32.2. The zero-order chi connectivity index (χ0) is 11.8. The number of rotatable bonds is 7. The van der Waals surface area contributed by atoms with Crippen molar-refractivity contribution < 1.29 is 15.0 Å². The van der Waals surface area contributed by atoms with Crippen LogP contribution in [0, 0.1) is 0 Å². The van der Waals surface area contributed by atoms with Crippen LogP contribution < -0.4 is 0 Å². The Kier molecular flexibility index (Phi) is 5.96. The third-order valence-corrected chi connectivity index (χ3v) is 3.34. The number of carboxylic acids is 1. The molecule has 0 unspecified atom stereocenters. The van der Waals surface area contributed by atoms with Crippen LogP contribution >= 0.6 is 11.8 Å². The molecule has 16 heavy (non-hydrogen) atoms. The highest BCUT2D eigenvalue weighted by Crippen LogP contribution is 2.23. The van der Waals surface area contributed by atoms with E-state index in [4.69, 9.17) is 10.2 Å². The van der Waals surface area contributed by atoms with Gasteiger partial charge in [0.2, 0.25) is 0 Å². The molecular formula is C12H16O3S. The molecule has 88 valence electrons. The monoisotopic (exact) mass is 240 g/mol. The number of aliphatic hydroxyl groups is 1. The Balaban J connectivity index is 2.44. The van der Waals surface area contributed by atoms with Gasteiger partial charge in [-0.05, 0) is 30.7 Å². The zero-order valence-corrected chi connectivity index (χ0v) is 9.87. The largest absolute Gasteiger partial charge is 0.478 e. The maximum absolute atomic E-state index is 10.9. The molecule has 3 nitrogen and oxygen atoms in total. The van der Waals surface area contributed by atoms with E-state index >= 15 is 0 Å². The molecule has 4 heteroatoms. The van der Waals surface area contributed by atoms with E-state index in [0.29, 0.717) is 5.56 Å². The molecule has 0 atom stereocenters. The number of benzene rings is 1. The van der Waals surface area contributed by atoms with E-state index in [-0.39, 0.29) is 6.61 Å². The molecule has 0 aliphatic heterocycles. The molecule has 0 spiro atoms. The number of hydrogen-bond donors (Lipinski definition) is 2. The molecule has 0 bridgehead atoms. The minimum atomic E-state index is -0.876. The van der Waals surface area contributed by atoms with Gasteiger partial charge in [0.25, 0.3) is 0 Å². The molecule has 2 N–H and O–H groups in total. The van der Waals surface area contributed by atoms with Gasteiger partial charge in [0.1, 0.15) is 0 Å². The van der Waals surface area contributed by atoms with E-state index in [2.05, 4.69) is 0 Å². The second-order valence-electron chi connectivity index (χ2n) is 3.43. The Morgan fingerprint density at radius 2 is 1.94 bits per heavy atom. The molecule has 0 aromatic heterocycles. The van der Waals surface area contributed by atoms with E-state index in [1.54, 1.807) is 23.9 Å². The Labute approximate surface area is 99.5 Å². The molecule has 0 aliphatic carbocycles. The fourth-order valence-electron chi connectivity index (χ4n) is 1.34. The summed E-state index contributed by atoms with van der Waals surface area (Å²) < 4.78 is 0. The minimum absolute atomic E-state index is 0.233. The maximum atomic E-state index is 10.9. The summed E-state index contributed by atoms with van der Waals surface area (Å²) in [6.07, 6.45) is 2.80. The number of aromatic carboxylic acids is 1. The van der Waals surface area contributed by atoms with E-state index in [9.17, 15) is 4.79 Å². The lowest BCUT2D eigenvalue weighted by atomic mass is 10.2. The highest BCUT2D eigenvalue weighted by Gasteiger charge is 2.08. The Bertz CT molecular complexity index is 339. The van der Waals surface area contributed by atoms with Gasteiger partial charge < -0.3 is 10.2 Å². The van der Waals surface area contributed by atoms with Crippen molar-refractivity contribution in [3.8, 4) is 0 Å². The first-order valence-electron chi connectivity index (χ1n) is 5.31. The normalized spacial score (nSPS) is 10.3. The molecule has 0 fully saturated rings. The lowest BCUT2D eigenvalue weighted by Crippen LogP contribution is -1.98. The summed E-state index contributed by atoms with van der Waals surface area (Å²) in [4.78, 5) is 11.7. The van der Waals surface area contributed by atoms with Gasteiger partial charge in [-0.3, -0.25) is 0 Å². The molecule has 0 saturated heterocycles. The van der Waals surface area contributed by atoms with Gasteiger partial charge in [0, 0.05) is 11.5 Å². The topological polar surface area (TPSA) is 57.5 Å². The Morgan fingerprint density at radius 3 is 2.62 bits per heavy atom. The number of hydrogen-bond acceptors (Lipinski definition) is 3. The van der Waals surface area contributed by atoms with Gasteiger partial charge in [-0.15, -0.1) is 11.8 Å². The first-order valence-corrected chi connectivity index (χ1v) is 6.30. The third-order valence-electron chi connectivity index (χ3n) is 2.18. The van der Waals surface area contributed by atoms with Gasteiger partial charge >= 0.3 is 5.97 Å². The summed E-state index contributed by atoms with van der Waals surface area (Å²) in [5.41, 5.74) is 0.370. The summed E-state index contributed by atoms with van der Waals surface area (Å²) in [7, 11) is 0. The van der Waals surface area contributed by atoms with Crippen LogP contribution in [-0.4, -0.2) is 28.5 Å². The smallest absolute Gasteiger partial charge is 0.336 e. The van der Waals surface area contributed by atoms with Crippen molar-refractivity contribution >= 4 is 17.7 Å². The van der Waals surface area contributed by atoms with Crippen LogP contribution in [0.2, 0.25) is 0 Å². The molecular weight excluding hydrogens is 224 g/mol. The molecule has 0 aliphatic rings. The molecule has 1 aromatic rings. The summed E-state index contributed by atoms with van der Waals surface area (Å²) >= 11 is 1.56. The van der Waals surface area contributed by atoms with Gasteiger partial charge in [-0.2, -0.15) is 0 Å². The first kappa shape index (κ1) is 13.1. The standard InChI is InChI=1S/C12H16O3S/c13-8-4-1-5-9-16-11-7-3-2-6-10(11)12(14)15/h2-3,6-7,13H,1,4-5,8-9H2,(H,14,15). The quantitative estimate of drug-likeness (QED) is 0.568. The van der Waals surface area contributed by atoms with Crippen LogP contribution in [0.5, 0.6) is 0 Å². The van der Waals surface area contributed by atoms with Crippen LogP contribution in [0.1, 0.15) is 29.6 Å². The maximum Gasteiger partial charge on any atom is 0.336 e. The number of thioether (sulfide) groups is 1. The van der Waals surface area contributed by atoms with Crippen molar-refractivity contribution in [1.29, 1.82) is 0 Å². The third kappa shape index (κ3) is 4.24. The number of carboxylic acid groups (broad SMARTS) is 1. The SMILES string of the molecule is O=C(O)c1ccccc1SCCCCCO. The van der Waals surface area contributed by atoms with E-state index < -0.39 is 5.97 Å². The summed E-state index contributed by atoms with van der Waals surface area (Å²) in [6.45, 7) is 0.233. The van der Waals surface area contributed by atoms with Crippen molar-refractivity contribution in [2.45, 2.75) is 24.2 Å². The lowest BCUT2D eigenvalue weighted by Gasteiger charge is -2.04.